The molecule has 4 atom stereocenters. The molecule has 9 nitrogen and oxygen atoms in total. The predicted molar refractivity (Wildman–Crippen MR) is 163 cm³/mol. The van der Waals surface area contributed by atoms with E-state index in [1.165, 1.54) is 6.92 Å². The highest BCUT2D eigenvalue weighted by atomic mass is 16.6. The van der Waals surface area contributed by atoms with Crippen LogP contribution in [-0.2, 0) is 21.4 Å². The van der Waals surface area contributed by atoms with E-state index in [-0.39, 0.29) is 34.6 Å². The maximum absolute atomic E-state index is 13.6. The Labute approximate surface area is 261 Å². The zero-order valence-electron chi connectivity index (χ0n) is 25.3. The number of nitrogens with zero attached hydrogens (tertiary/aromatic N) is 1. The van der Waals surface area contributed by atoms with E-state index in [0.29, 0.717) is 29.4 Å². The van der Waals surface area contributed by atoms with Gasteiger partial charge in [-0.05, 0) is 87.7 Å². The van der Waals surface area contributed by atoms with Crippen molar-refractivity contribution in [1.29, 1.82) is 0 Å². The van der Waals surface area contributed by atoms with Crippen molar-refractivity contribution in [2.75, 3.05) is 13.6 Å². The summed E-state index contributed by atoms with van der Waals surface area (Å²) in [5.41, 5.74) is 2.09. The number of carbonyl (C=O) groups excluding carboxylic acids is 3. The maximum Gasteiger partial charge on any atom is 0.347 e. The zero-order chi connectivity index (χ0) is 31.5. The van der Waals surface area contributed by atoms with Gasteiger partial charge < -0.3 is 28.6 Å². The fourth-order valence-corrected chi connectivity index (χ4v) is 7.59. The molecule has 0 aromatic heterocycles. The van der Waals surface area contributed by atoms with Crippen LogP contribution in [0.2, 0.25) is 0 Å². The lowest BCUT2D eigenvalue weighted by Crippen LogP contribution is -2.63. The molecule has 9 heteroatoms. The highest BCUT2D eigenvalue weighted by Gasteiger charge is 2.65. The fraction of sp³-hybridized carbons (Fsp3) is 0.306. The van der Waals surface area contributed by atoms with Crippen LogP contribution in [0.4, 0.5) is 0 Å². The lowest BCUT2D eigenvalue weighted by atomic mass is 9.53. The van der Waals surface area contributed by atoms with Gasteiger partial charge in [-0.1, -0.05) is 36.9 Å². The van der Waals surface area contributed by atoms with E-state index in [9.17, 15) is 14.4 Å². The van der Waals surface area contributed by atoms with Crippen molar-refractivity contribution in [3.05, 3.63) is 107 Å². The molecule has 3 aromatic carbocycles. The molecule has 4 unspecified atom stereocenters. The number of likely N-dealkylation sites (N-methyl/N-ethyl adjacent to an activating group) is 1. The van der Waals surface area contributed by atoms with Crippen LogP contribution in [-0.4, -0.2) is 48.5 Å². The predicted octanol–water partition coefficient (Wildman–Crippen LogP) is 5.76. The monoisotopic (exact) mass is 607 g/mol. The van der Waals surface area contributed by atoms with E-state index >= 15 is 0 Å². The number of hydrogen-bond donors (Lipinski definition) is 0. The molecule has 0 N–H and O–H groups in total. The summed E-state index contributed by atoms with van der Waals surface area (Å²) in [4.78, 5) is 41.1. The molecule has 2 aliphatic carbocycles. The number of ether oxygens (including phenoxy) is 5. The number of hydrogen-bond acceptors (Lipinski definition) is 9. The molecule has 1 spiro atoms. The van der Waals surface area contributed by atoms with Gasteiger partial charge in [0.2, 0.25) is 0 Å². The summed E-state index contributed by atoms with van der Waals surface area (Å²) in [5, 5.41) is 0. The Kier molecular flexibility index (Phi) is 7.00. The lowest BCUT2D eigenvalue weighted by molar-refractivity contribution is -0.131. The van der Waals surface area contributed by atoms with Crippen LogP contribution in [0.1, 0.15) is 58.5 Å². The zero-order valence-corrected chi connectivity index (χ0v) is 25.3. The first-order valence-electron chi connectivity index (χ1n) is 15.0. The number of carbonyl (C=O) groups is 3. The third-order valence-corrected chi connectivity index (χ3v) is 9.37. The molecule has 7 rings (SSSR count). The highest BCUT2D eigenvalue weighted by Crippen LogP contribution is 2.64. The number of para-hydroxylation sites is 2. The largest absolute Gasteiger partial charge is 0.477 e. The summed E-state index contributed by atoms with van der Waals surface area (Å²) in [7, 11) is 2.16. The Morgan fingerprint density at radius 1 is 0.867 bits per heavy atom. The first-order chi connectivity index (χ1) is 21.7. The summed E-state index contributed by atoms with van der Waals surface area (Å²) >= 11 is 0. The van der Waals surface area contributed by atoms with Crippen molar-refractivity contribution in [2.24, 2.45) is 5.92 Å². The van der Waals surface area contributed by atoms with Crippen molar-refractivity contribution < 1.29 is 38.1 Å². The van der Waals surface area contributed by atoms with Gasteiger partial charge >= 0.3 is 17.9 Å². The SMILES string of the molecule is C=C(C)Oc1ccccc1C(=O)OC1=CCC2C3Cc4ccc(OC(=O)c5ccccc5OC(C)=O)c5c4C2(CCN3C)C1O5. The van der Waals surface area contributed by atoms with E-state index in [1.807, 2.05) is 12.1 Å². The molecular formula is C36H33NO8. The van der Waals surface area contributed by atoms with Crippen molar-refractivity contribution >= 4 is 17.9 Å². The Balaban J connectivity index is 1.26. The van der Waals surface area contributed by atoms with Gasteiger partial charge in [-0.3, -0.25) is 4.79 Å². The summed E-state index contributed by atoms with van der Waals surface area (Å²) in [5.74, 6) is 0.558. The highest BCUT2D eigenvalue weighted by molar-refractivity contribution is 5.95. The van der Waals surface area contributed by atoms with Crippen molar-refractivity contribution in [1.82, 2.24) is 4.90 Å². The van der Waals surface area contributed by atoms with Gasteiger partial charge in [0.15, 0.2) is 17.6 Å². The number of allylic oxidation sites excluding steroid dienone is 2. The molecule has 1 fully saturated rings. The Bertz CT molecular complexity index is 1790. The molecule has 0 amide bonds. The number of piperidine rings is 1. The summed E-state index contributed by atoms with van der Waals surface area (Å²) in [6, 6.07) is 17.4. The fourth-order valence-electron chi connectivity index (χ4n) is 7.59. The van der Waals surface area contributed by atoms with Crippen LogP contribution in [0.3, 0.4) is 0 Å². The molecule has 2 bridgehead atoms. The van der Waals surface area contributed by atoms with E-state index in [4.69, 9.17) is 23.7 Å². The average molecular weight is 608 g/mol. The maximum atomic E-state index is 13.6. The molecule has 230 valence electrons. The van der Waals surface area contributed by atoms with Crippen molar-refractivity contribution in [3.63, 3.8) is 0 Å². The first-order valence-corrected chi connectivity index (χ1v) is 15.0. The minimum atomic E-state index is -0.677. The lowest BCUT2D eigenvalue weighted by Gasteiger charge is -2.56. The second-order valence-corrected chi connectivity index (χ2v) is 12.1. The first kappa shape index (κ1) is 28.9. The molecule has 45 heavy (non-hydrogen) atoms. The normalized spacial score (nSPS) is 24.0. The van der Waals surface area contributed by atoms with Gasteiger partial charge in [0.05, 0.1) is 5.76 Å². The Morgan fingerprint density at radius 2 is 1.53 bits per heavy atom. The van der Waals surface area contributed by atoms with Gasteiger partial charge in [0, 0.05) is 23.9 Å². The van der Waals surface area contributed by atoms with Gasteiger partial charge in [-0.15, -0.1) is 0 Å². The second-order valence-electron chi connectivity index (χ2n) is 12.1. The molecule has 0 radical (unpaired) electrons. The standard InChI is InChI=1S/C36H33NO8/c1-20(2)41-27-11-7-5-9-23(27)35(40)44-30-16-14-25-26-19-22-13-15-29(32-31(22)36(25,33(30)45-32)17-18-37(26)4)43-34(39)24-10-6-8-12-28(24)42-21(3)38/h5-13,15-16,25-26,33H,1,14,17-19H2,2-4H3. The summed E-state index contributed by atoms with van der Waals surface area (Å²) < 4.78 is 29.8. The number of benzene rings is 3. The van der Waals surface area contributed by atoms with Crippen LogP contribution in [0.5, 0.6) is 23.0 Å². The van der Waals surface area contributed by atoms with Crippen LogP contribution in [0, 0.1) is 5.92 Å². The van der Waals surface area contributed by atoms with E-state index in [1.54, 1.807) is 61.5 Å². The van der Waals surface area contributed by atoms with Crippen LogP contribution in [0.15, 0.2) is 84.8 Å². The topological polar surface area (TPSA) is 101 Å². The molecule has 1 saturated heterocycles. The van der Waals surface area contributed by atoms with Crippen LogP contribution >= 0.6 is 0 Å². The van der Waals surface area contributed by atoms with Crippen LogP contribution in [0.25, 0.3) is 0 Å². The van der Waals surface area contributed by atoms with E-state index < -0.39 is 29.4 Å². The molecule has 4 aliphatic rings. The molecule has 0 saturated carbocycles. The van der Waals surface area contributed by atoms with Crippen molar-refractivity contribution in [2.45, 2.75) is 50.7 Å². The quantitative estimate of drug-likeness (QED) is 0.188. The average Bonchev–Trinajstić information content (AvgIpc) is 3.36. The minimum Gasteiger partial charge on any atom is -0.477 e. The van der Waals surface area contributed by atoms with Gasteiger partial charge in [0.25, 0.3) is 0 Å². The molecule has 2 heterocycles. The Hall–Kier alpha value is -4.89. The van der Waals surface area contributed by atoms with Crippen molar-refractivity contribution in [3.8, 4) is 23.0 Å². The molecule has 2 aliphatic heterocycles. The Morgan fingerprint density at radius 3 is 2.22 bits per heavy atom. The van der Waals surface area contributed by atoms with Gasteiger partial charge in [-0.2, -0.15) is 0 Å². The summed E-state index contributed by atoms with van der Waals surface area (Å²) in [6.45, 7) is 7.62. The van der Waals surface area contributed by atoms with Crippen LogP contribution < -0.4 is 18.9 Å². The number of rotatable bonds is 7. The summed E-state index contributed by atoms with van der Waals surface area (Å²) in [6.07, 6.45) is 3.71. The third kappa shape index (κ3) is 4.69. The third-order valence-electron chi connectivity index (χ3n) is 9.37. The van der Waals surface area contributed by atoms with E-state index in [2.05, 4.69) is 18.5 Å². The van der Waals surface area contributed by atoms with E-state index in [0.717, 1.165) is 30.5 Å². The van der Waals surface area contributed by atoms with Gasteiger partial charge in [0.1, 0.15) is 28.4 Å². The number of likely N-dealkylation sites (tertiary alicyclic amines) is 1. The second kappa shape index (κ2) is 10.9. The molecular weight excluding hydrogens is 574 g/mol. The smallest absolute Gasteiger partial charge is 0.347 e. The minimum absolute atomic E-state index is 0.115. The van der Waals surface area contributed by atoms with Gasteiger partial charge in [-0.25, -0.2) is 9.59 Å². The molecule has 3 aromatic rings. The number of esters is 3.